The molecule has 2 amide bonds. The molecule has 0 aromatic heterocycles. The number of carbonyl (C=O) groups is 2. The number of nitrogens with one attached hydrogen (secondary N) is 3. The van der Waals surface area contributed by atoms with Gasteiger partial charge in [0.2, 0.25) is 21.8 Å². The van der Waals surface area contributed by atoms with Gasteiger partial charge in [-0.1, -0.05) is 23.7 Å². The fourth-order valence-electron chi connectivity index (χ4n) is 5.20. The Balaban J connectivity index is 1.29. The third-order valence-electron chi connectivity index (χ3n) is 7.62. The molecule has 2 fully saturated rings. The highest BCUT2D eigenvalue weighted by Crippen LogP contribution is 2.34. The fraction of sp³-hybridized carbons (Fsp3) is 0.500. The lowest BCUT2D eigenvalue weighted by Crippen LogP contribution is -2.58. The van der Waals surface area contributed by atoms with Crippen molar-refractivity contribution >= 4 is 33.4 Å². The van der Waals surface area contributed by atoms with Gasteiger partial charge in [0.05, 0.1) is 24.0 Å². The summed E-state index contributed by atoms with van der Waals surface area (Å²) in [5.74, 6) is 0.661. The largest absolute Gasteiger partial charge is 0.493 e. The summed E-state index contributed by atoms with van der Waals surface area (Å²) < 4.78 is 34.3. The summed E-state index contributed by atoms with van der Waals surface area (Å²) in [7, 11) is -4.05. The highest BCUT2D eigenvalue weighted by molar-refractivity contribution is 7.89. The Morgan fingerprint density at radius 3 is 2.72 bits per heavy atom. The van der Waals surface area contributed by atoms with Crippen LogP contribution in [0.5, 0.6) is 5.75 Å². The van der Waals surface area contributed by atoms with Crippen LogP contribution in [0.2, 0.25) is 5.02 Å². The van der Waals surface area contributed by atoms with Crippen LogP contribution in [0.15, 0.2) is 35.2 Å². The van der Waals surface area contributed by atoms with E-state index >= 15 is 0 Å². The van der Waals surface area contributed by atoms with E-state index in [0.717, 1.165) is 40.2 Å². The Morgan fingerprint density at radius 1 is 1.15 bits per heavy atom. The average Bonchev–Trinajstić information content (AvgIpc) is 3.72. The molecule has 2 aromatic carbocycles. The van der Waals surface area contributed by atoms with Gasteiger partial charge in [-0.2, -0.15) is 4.31 Å². The third kappa shape index (κ3) is 6.24. The number of amides is 2. The summed E-state index contributed by atoms with van der Waals surface area (Å²) in [4.78, 5) is 26.1. The number of rotatable bonds is 9. The Labute approximate surface area is 234 Å². The lowest BCUT2D eigenvalue weighted by atomic mass is 9.98. The van der Waals surface area contributed by atoms with E-state index in [0.29, 0.717) is 29.2 Å². The molecule has 1 aliphatic carbocycles. The number of sulfonamides is 1. The second kappa shape index (κ2) is 11.4. The molecule has 0 spiro atoms. The van der Waals surface area contributed by atoms with Crippen LogP contribution in [0.4, 0.5) is 0 Å². The summed E-state index contributed by atoms with van der Waals surface area (Å²) in [6.45, 7) is 5.89. The fourth-order valence-corrected chi connectivity index (χ4v) is 7.30. The number of halogens is 1. The van der Waals surface area contributed by atoms with Crippen molar-refractivity contribution in [1.29, 1.82) is 0 Å². The SMILES string of the molecule is Cc1cc(S(=O)(=O)N2CCNC(=O)C2CC(=O)N[C@@H]2CCOc3cc(CNCC4CC4)ccc32)c(C)cc1Cl. The molecule has 11 heteroatoms. The highest BCUT2D eigenvalue weighted by atomic mass is 35.5. The molecule has 2 aliphatic heterocycles. The molecular weight excluding hydrogens is 540 g/mol. The van der Waals surface area contributed by atoms with Gasteiger partial charge in [-0.15, -0.1) is 0 Å². The zero-order valence-corrected chi connectivity index (χ0v) is 23.8. The van der Waals surface area contributed by atoms with Gasteiger partial charge >= 0.3 is 0 Å². The molecule has 2 aromatic rings. The molecule has 3 aliphatic rings. The second-order valence-electron chi connectivity index (χ2n) is 10.7. The van der Waals surface area contributed by atoms with Crippen molar-refractivity contribution in [1.82, 2.24) is 20.3 Å². The Morgan fingerprint density at radius 2 is 1.95 bits per heavy atom. The van der Waals surface area contributed by atoms with Crippen LogP contribution in [0.3, 0.4) is 0 Å². The molecule has 3 N–H and O–H groups in total. The van der Waals surface area contributed by atoms with Gasteiger partial charge in [-0.05, 0) is 74.0 Å². The van der Waals surface area contributed by atoms with Crippen molar-refractivity contribution < 1.29 is 22.7 Å². The predicted octanol–water partition coefficient (Wildman–Crippen LogP) is 2.98. The minimum Gasteiger partial charge on any atom is -0.493 e. The quantitative estimate of drug-likeness (QED) is 0.424. The van der Waals surface area contributed by atoms with E-state index < -0.39 is 27.9 Å². The minimum absolute atomic E-state index is 0.0742. The molecule has 5 rings (SSSR count). The number of hydrogen-bond donors (Lipinski definition) is 3. The highest BCUT2D eigenvalue weighted by Gasteiger charge is 2.40. The molecule has 0 radical (unpaired) electrons. The number of ether oxygens (including phenoxy) is 1. The molecular formula is C28H35ClN4O5S. The summed E-state index contributed by atoms with van der Waals surface area (Å²) in [5, 5.41) is 9.67. The molecule has 1 saturated heterocycles. The van der Waals surface area contributed by atoms with Gasteiger partial charge in [-0.25, -0.2) is 8.42 Å². The second-order valence-corrected chi connectivity index (χ2v) is 13.0. The van der Waals surface area contributed by atoms with Gasteiger partial charge in [-0.3, -0.25) is 9.59 Å². The first-order valence-electron chi connectivity index (χ1n) is 13.5. The summed E-state index contributed by atoms with van der Waals surface area (Å²) in [5.41, 5.74) is 3.11. The Hall–Kier alpha value is -2.66. The molecule has 39 heavy (non-hydrogen) atoms. The van der Waals surface area contributed by atoms with Crippen molar-refractivity contribution in [2.24, 2.45) is 5.92 Å². The van der Waals surface area contributed by atoms with Crippen molar-refractivity contribution in [3.63, 3.8) is 0 Å². The van der Waals surface area contributed by atoms with Crippen LogP contribution >= 0.6 is 11.6 Å². The first-order valence-corrected chi connectivity index (χ1v) is 15.3. The van der Waals surface area contributed by atoms with Crippen LogP contribution in [0.1, 0.15) is 54.0 Å². The Bertz CT molecular complexity index is 1380. The van der Waals surface area contributed by atoms with E-state index in [1.54, 1.807) is 19.9 Å². The normalized spacial score (nSPS) is 21.6. The summed E-state index contributed by atoms with van der Waals surface area (Å²) in [6.07, 6.45) is 2.90. The third-order valence-corrected chi connectivity index (χ3v) is 10.1. The maximum atomic E-state index is 13.7. The smallest absolute Gasteiger partial charge is 0.244 e. The average molecular weight is 575 g/mol. The van der Waals surface area contributed by atoms with Crippen molar-refractivity contribution in [3.8, 4) is 5.75 Å². The van der Waals surface area contributed by atoms with Crippen LogP contribution < -0.4 is 20.7 Å². The van der Waals surface area contributed by atoms with Crippen molar-refractivity contribution in [2.75, 3.05) is 26.2 Å². The van der Waals surface area contributed by atoms with Crippen molar-refractivity contribution in [2.45, 2.75) is 63.1 Å². The first-order chi connectivity index (χ1) is 18.6. The molecule has 1 saturated carbocycles. The monoisotopic (exact) mass is 574 g/mol. The zero-order valence-electron chi connectivity index (χ0n) is 22.3. The Kier molecular flexibility index (Phi) is 8.19. The molecule has 0 bridgehead atoms. The number of benzene rings is 2. The standard InChI is InChI=1S/C28H35ClN4O5S/c1-17-12-26(18(2)11-22(17)29)39(36,37)33-9-8-31-28(35)24(33)14-27(34)32-23-7-10-38-25-13-20(5-6-21(23)25)16-30-15-19-3-4-19/h5-6,11-13,19,23-24,30H,3-4,7-10,14-16H2,1-2H3,(H,31,35)(H,32,34)/t23-,24?/m1/s1. The molecule has 2 heterocycles. The van der Waals surface area contributed by atoms with E-state index in [-0.39, 0.29) is 30.4 Å². The number of aryl methyl sites for hydroxylation is 2. The van der Waals surface area contributed by atoms with Crippen LogP contribution in [0, 0.1) is 19.8 Å². The minimum atomic E-state index is -4.05. The summed E-state index contributed by atoms with van der Waals surface area (Å²) >= 11 is 6.18. The number of piperazine rings is 1. The van der Waals surface area contributed by atoms with Gasteiger partial charge in [0.25, 0.3) is 0 Å². The van der Waals surface area contributed by atoms with E-state index in [2.05, 4.69) is 16.0 Å². The van der Waals surface area contributed by atoms with Crippen LogP contribution in [-0.4, -0.2) is 56.8 Å². The predicted molar refractivity (Wildman–Crippen MR) is 148 cm³/mol. The van der Waals surface area contributed by atoms with Crippen LogP contribution in [0.25, 0.3) is 0 Å². The van der Waals surface area contributed by atoms with Gasteiger partial charge in [0.15, 0.2) is 0 Å². The maximum absolute atomic E-state index is 13.7. The topological polar surface area (TPSA) is 117 Å². The molecule has 210 valence electrons. The summed E-state index contributed by atoms with van der Waals surface area (Å²) in [6, 6.07) is 7.70. The number of hydrogen-bond acceptors (Lipinski definition) is 6. The number of nitrogens with zero attached hydrogens (tertiary/aromatic N) is 1. The lowest BCUT2D eigenvalue weighted by Gasteiger charge is -2.34. The first kappa shape index (κ1) is 27.9. The molecule has 1 unspecified atom stereocenters. The zero-order chi connectivity index (χ0) is 27.7. The van der Waals surface area contributed by atoms with Gasteiger partial charge < -0.3 is 20.7 Å². The number of carbonyl (C=O) groups excluding carboxylic acids is 2. The van der Waals surface area contributed by atoms with E-state index in [9.17, 15) is 18.0 Å². The molecule has 9 nitrogen and oxygen atoms in total. The van der Waals surface area contributed by atoms with Crippen molar-refractivity contribution in [3.05, 3.63) is 57.6 Å². The van der Waals surface area contributed by atoms with Gasteiger partial charge in [0, 0.05) is 36.6 Å². The van der Waals surface area contributed by atoms with E-state index in [1.165, 1.54) is 18.9 Å². The maximum Gasteiger partial charge on any atom is 0.244 e. The lowest BCUT2D eigenvalue weighted by molar-refractivity contribution is -0.132. The van der Waals surface area contributed by atoms with Crippen LogP contribution in [-0.2, 0) is 26.2 Å². The number of fused-ring (bicyclic) bond motifs is 1. The van der Waals surface area contributed by atoms with E-state index in [4.69, 9.17) is 16.3 Å². The van der Waals surface area contributed by atoms with Gasteiger partial charge in [0.1, 0.15) is 11.8 Å². The molecule has 2 atom stereocenters. The van der Waals surface area contributed by atoms with E-state index in [1.807, 2.05) is 18.2 Å².